The van der Waals surface area contributed by atoms with Crippen LogP contribution in [-0.2, 0) is 16.1 Å². The summed E-state index contributed by atoms with van der Waals surface area (Å²) in [5.74, 6) is 0.986. The number of anilines is 1. The minimum Gasteiger partial charge on any atom is -0.482 e. The first-order valence-corrected chi connectivity index (χ1v) is 7.48. The minimum atomic E-state index is -0.411. The molecule has 0 radical (unpaired) electrons. The number of ether oxygens (including phenoxy) is 2. The number of benzene rings is 2. The third kappa shape index (κ3) is 3.78. The molecule has 0 bridgehead atoms. The van der Waals surface area contributed by atoms with Gasteiger partial charge >= 0.3 is 5.97 Å². The fraction of sp³-hybridized carbons (Fsp3) is 0.167. The molecule has 6 nitrogen and oxygen atoms in total. The first-order chi connectivity index (χ1) is 11.8. The summed E-state index contributed by atoms with van der Waals surface area (Å²) in [6.07, 6.45) is 1.54. The van der Waals surface area contributed by atoms with Gasteiger partial charge in [-0.25, -0.2) is 14.8 Å². The van der Waals surface area contributed by atoms with Crippen LogP contribution in [0.4, 0.5) is 5.82 Å². The highest BCUT2D eigenvalue weighted by Crippen LogP contribution is 2.20. The van der Waals surface area contributed by atoms with Crippen LogP contribution in [-0.4, -0.2) is 29.7 Å². The summed E-state index contributed by atoms with van der Waals surface area (Å²) in [6.45, 7) is 0.473. The lowest BCUT2D eigenvalue weighted by atomic mass is 10.2. The molecule has 0 unspecified atom stereocenters. The number of fused-ring (bicyclic) bond motifs is 1. The predicted octanol–water partition coefficient (Wildman–Crippen LogP) is 2.79. The van der Waals surface area contributed by atoms with E-state index >= 15 is 0 Å². The van der Waals surface area contributed by atoms with Crippen molar-refractivity contribution in [3.8, 4) is 5.75 Å². The number of para-hydroxylation sites is 1. The van der Waals surface area contributed by atoms with Gasteiger partial charge in [-0.1, -0.05) is 24.3 Å². The Balaban J connectivity index is 1.69. The Hall–Kier alpha value is -3.15. The van der Waals surface area contributed by atoms with Crippen molar-refractivity contribution in [2.45, 2.75) is 6.54 Å². The molecule has 2 aromatic carbocycles. The van der Waals surface area contributed by atoms with Crippen molar-refractivity contribution in [2.24, 2.45) is 0 Å². The molecule has 3 rings (SSSR count). The first-order valence-electron chi connectivity index (χ1n) is 7.48. The minimum absolute atomic E-state index is 0.107. The molecule has 6 heteroatoms. The van der Waals surface area contributed by atoms with Gasteiger partial charge < -0.3 is 14.8 Å². The third-order valence-electron chi connectivity index (χ3n) is 3.49. The zero-order valence-corrected chi connectivity index (χ0v) is 13.2. The number of carbonyl (C=O) groups is 1. The van der Waals surface area contributed by atoms with Gasteiger partial charge in [0.25, 0.3) is 0 Å². The topological polar surface area (TPSA) is 73.3 Å². The van der Waals surface area contributed by atoms with E-state index in [1.165, 1.54) is 7.11 Å². The van der Waals surface area contributed by atoms with Gasteiger partial charge in [0.2, 0.25) is 0 Å². The first kappa shape index (κ1) is 15.7. The second kappa shape index (κ2) is 7.41. The van der Waals surface area contributed by atoms with Crippen LogP contribution >= 0.6 is 0 Å². The second-order valence-electron chi connectivity index (χ2n) is 5.11. The standard InChI is InChI=1S/C18H17N3O3/c1-23-17(22)11-24-14-6-4-5-13(9-14)10-19-18-15-7-2-3-8-16(15)20-12-21-18/h2-9,12H,10-11H2,1H3,(H,19,20,21). The summed E-state index contributed by atoms with van der Waals surface area (Å²) in [7, 11) is 1.33. The van der Waals surface area contributed by atoms with Gasteiger partial charge in [0.05, 0.1) is 12.6 Å². The van der Waals surface area contributed by atoms with Crippen LogP contribution in [0, 0.1) is 0 Å². The molecule has 1 N–H and O–H groups in total. The van der Waals surface area contributed by atoms with Crippen LogP contribution in [0.3, 0.4) is 0 Å². The predicted molar refractivity (Wildman–Crippen MR) is 90.8 cm³/mol. The van der Waals surface area contributed by atoms with Gasteiger partial charge in [-0.2, -0.15) is 0 Å². The number of aromatic nitrogens is 2. The van der Waals surface area contributed by atoms with Crippen molar-refractivity contribution < 1.29 is 14.3 Å². The molecule has 0 aliphatic heterocycles. The zero-order chi connectivity index (χ0) is 16.8. The van der Waals surface area contributed by atoms with Gasteiger partial charge in [-0.05, 0) is 29.8 Å². The monoisotopic (exact) mass is 323 g/mol. The maximum absolute atomic E-state index is 11.1. The van der Waals surface area contributed by atoms with Crippen molar-refractivity contribution in [1.29, 1.82) is 0 Å². The van der Waals surface area contributed by atoms with E-state index in [-0.39, 0.29) is 6.61 Å². The van der Waals surface area contributed by atoms with E-state index in [1.807, 2.05) is 42.5 Å². The Morgan fingerprint density at radius 3 is 2.88 bits per heavy atom. The molecule has 0 atom stereocenters. The summed E-state index contributed by atoms with van der Waals surface area (Å²) in [5, 5.41) is 4.28. The molecule has 1 heterocycles. The Bertz CT molecular complexity index is 846. The summed E-state index contributed by atoms with van der Waals surface area (Å²) in [6, 6.07) is 15.4. The largest absolute Gasteiger partial charge is 0.482 e. The third-order valence-corrected chi connectivity index (χ3v) is 3.49. The number of carbonyl (C=O) groups excluding carboxylic acids is 1. The van der Waals surface area contributed by atoms with E-state index < -0.39 is 5.97 Å². The molecule has 0 aliphatic carbocycles. The Kier molecular flexibility index (Phi) is 4.86. The van der Waals surface area contributed by atoms with Crippen LogP contribution in [0.1, 0.15) is 5.56 Å². The molecule has 0 amide bonds. The highest BCUT2D eigenvalue weighted by atomic mass is 16.6. The molecule has 24 heavy (non-hydrogen) atoms. The lowest BCUT2D eigenvalue weighted by molar-refractivity contribution is -0.142. The van der Waals surface area contributed by atoms with E-state index in [2.05, 4.69) is 20.0 Å². The molecule has 0 saturated heterocycles. The number of hydrogen-bond acceptors (Lipinski definition) is 6. The molecule has 1 aromatic heterocycles. The molecular formula is C18H17N3O3. The van der Waals surface area contributed by atoms with E-state index in [0.717, 1.165) is 22.3 Å². The second-order valence-corrected chi connectivity index (χ2v) is 5.11. The maximum Gasteiger partial charge on any atom is 0.343 e. The average molecular weight is 323 g/mol. The summed E-state index contributed by atoms with van der Waals surface area (Å²) >= 11 is 0. The van der Waals surface area contributed by atoms with Crippen molar-refractivity contribution in [3.05, 3.63) is 60.4 Å². The average Bonchev–Trinajstić information content (AvgIpc) is 2.64. The summed E-state index contributed by atoms with van der Waals surface area (Å²) in [5.41, 5.74) is 1.91. The van der Waals surface area contributed by atoms with Crippen LogP contribution < -0.4 is 10.1 Å². The van der Waals surface area contributed by atoms with E-state index in [1.54, 1.807) is 12.4 Å². The lowest BCUT2D eigenvalue weighted by Crippen LogP contribution is -2.12. The van der Waals surface area contributed by atoms with E-state index in [4.69, 9.17) is 4.74 Å². The molecule has 0 fully saturated rings. The Morgan fingerprint density at radius 1 is 1.12 bits per heavy atom. The molecule has 122 valence electrons. The highest BCUT2D eigenvalue weighted by Gasteiger charge is 2.05. The summed E-state index contributed by atoms with van der Waals surface area (Å²) < 4.78 is 9.95. The number of hydrogen-bond donors (Lipinski definition) is 1. The Morgan fingerprint density at radius 2 is 2.00 bits per heavy atom. The fourth-order valence-corrected chi connectivity index (χ4v) is 2.28. The van der Waals surface area contributed by atoms with E-state index in [0.29, 0.717) is 12.3 Å². The van der Waals surface area contributed by atoms with Crippen molar-refractivity contribution in [2.75, 3.05) is 19.0 Å². The van der Waals surface area contributed by atoms with Gasteiger partial charge in [0, 0.05) is 11.9 Å². The van der Waals surface area contributed by atoms with Crippen LogP contribution in [0.5, 0.6) is 5.75 Å². The zero-order valence-electron chi connectivity index (χ0n) is 13.2. The van der Waals surface area contributed by atoms with Gasteiger partial charge in [-0.3, -0.25) is 0 Å². The number of rotatable bonds is 6. The number of esters is 1. The molecule has 3 aromatic rings. The smallest absolute Gasteiger partial charge is 0.343 e. The van der Waals surface area contributed by atoms with Crippen molar-refractivity contribution in [3.63, 3.8) is 0 Å². The molecule has 0 spiro atoms. The van der Waals surface area contributed by atoms with Crippen molar-refractivity contribution in [1.82, 2.24) is 9.97 Å². The van der Waals surface area contributed by atoms with Gasteiger partial charge in [0.1, 0.15) is 17.9 Å². The summed E-state index contributed by atoms with van der Waals surface area (Å²) in [4.78, 5) is 19.7. The number of nitrogens with one attached hydrogen (secondary N) is 1. The lowest BCUT2D eigenvalue weighted by Gasteiger charge is -2.10. The van der Waals surface area contributed by atoms with Crippen LogP contribution in [0.2, 0.25) is 0 Å². The van der Waals surface area contributed by atoms with Crippen LogP contribution in [0.15, 0.2) is 54.9 Å². The molecule has 0 aliphatic rings. The Labute approximate surface area is 139 Å². The molecular weight excluding hydrogens is 306 g/mol. The molecule has 0 saturated carbocycles. The fourth-order valence-electron chi connectivity index (χ4n) is 2.28. The SMILES string of the molecule is COC(=O)COc1cccc(CNc2ncnc3ccccc23)c1. The van der Waals surface area contributed by atoms with Gasteiger partial charge in [-0.15, -0.1) is 0 Å². The normalized spacial score (nSPS) is 10.4. The van der Waals surface area contributed by atoms with Crippen molar-refractivity contribution >= 4 is 22.7 Å². The number of nitrogens with zero attached hydrogens (tertiary/aromatic N) is 2. The van der Waals surface area contributed by atoms with Crippen LogP contribution in [0.25, 0.3) is 10.9 Å². The highest BCUT2D eigenvalue weighted by molar-refractivity contribution is 5.88. The number of methoxy groups -OCH3 is 1. The quantitative estimate of drug-likeness (QED) is 0.703. The van der Waals surface area contributed by atoms with Gasteiger partial charge in [0.15, 0.2) is 6.61 Å². The maximum atomic E-state index is 11.1. The van der Waals surface area contributed by atoms with E-state index in [9.17, 15) is 4.79 Å².